The second-order valence-electron chi connectivity index (χ2n) is 7.96. The van der Waals surface area contributed by atoms with Crippen molar-refractivity contribution in [1.29, 1.82) is 0 Å². The highest BCUT2D eigenvalue weighted by Gasteiger charge is 2.42. The van der Waals surface area contributed by atoms with Crippen LogP contribution in [0.3, 0.4) is 0 Å². The molecule has 1 heterocycles. The maximum Gasteiger partial charge on any atom is 0.224 e. The van der Waals surface area contributed by atoms with Gasteiger partial charge < -0.3 is 20.1 Å². The van der Waals surface area contributed by atoms with Crippen molar-refractivity contribution in [1.82, 2.24) is 10.2 Å². The molecule has 1 saturated carbocycles. The number of ether oxygens (including phenoxy) is 1. The minimum absolute atomic E-state index is 0.145. The van der Waals surface area contributed by atoms with Crippen molar-refractivity contribution >= 4 is 5.91 Å². The van der Waals surface area contributed by atoms with Gasteiger partial charge in [-0.3, -0.25) is 4.79 Å². The van der Waals surface area contributed by atoms with Gasteiger partial charge in [-0.05, 0) is 30.6 Å². The molecule has 1 aliphatic heterocycles. The van der Waals surface area contributed by atoms with E-state index in [0.29, 0.717) is 45.2 Å². The number of hydrogen-bond donors (Lipinski definition) is 2. The van der Waals surface area contributed by atoms with Gasteiger partial charge in [0.1, 0.15) is 0 Å². The first-order chi connectivity index (χ1) is 10.4. The maximum atomic E-state index is 12.2. The van der Waals surface area contributed by atoms with Crippen LogP contribution in [-0.4, -0.2) is 60.9 Å². The molecule has 0 aromatic carbocycles. The lowest BCUT2D eigenvalue weighted by atomic mass is 9.64. The predicted octanol–water partition coefficient (Wildman–Crippen LogP) is 1.40. The number of aliphatic hydroxyl groups is 1. The third-order valence-electron chi connectivity index (χ3n) is 4.96. The molecule has 0 spiro atoms. The first-order valence-corrected chi connectivity index (χ1v) is 8.57. The summed E-state index contributed by atoms with van der Waals surface area (Å²) in [6.07, 6.45) is 3.64. The van der Waals surface area contributed by atoms with E-state index < -0.39 is 0 Å². The standard InChI is InChI=1S/C17H32N2O3/c1-14-10-16(2,3)12-17(11-14,13-20)18-5-4-15(21)19-6-8-22-9-7-19/h14,18,20H,4-13H2,1-3H3/t14-,17-/m1/s1. The first-order valence-electron chi connectivity index (χ1n) is 8.57. The summed E-state index contributed by atoms with van der Waals surface area (Å²) in [6, 6.07) is 0. The van der Waals surface area contributed by atoms with Crippen LogP contribution in [0.15, 0.2) is 0 Å². The van der Waals surface area contributed by atoms with Gasteiger partial charge in [0, 0.05) is 31.6 Å². The Morgan fingerprint density at radius 2 is 2.00 bits per heavy atom. The van der Waals surface area contributed by atoms with Gasteiger partial charge in [-0.1, -0.05) is 20.8 Å². The number of carbonyl (C=O) groups excluding carboxylic acids is 1. The first kappa shape index (κ1) is 17.7. The third kappa shape index (κ3) is 4.67. The largest absolute Gasteiger partial charge is 0.394 e. The second kappa shape index (κ2) is 7.28. The van der Waals surface area contributed by atoms with Crippen LogP contribution in [-0.2, 0) is 9.53 Å². The van der Waals surface area contributed by atoms with E-state index >= 15 is 0 Å². The molecule has 0 bridgehead atoms. The maximum absolute atomic E-state index is 12.2. The van der Waals surface area contributed by atoms with E-state index in [2.05, 4.69) is 26.1 Å². The van der Waals surface area contributed by atoms with Gasteiger partial charge in [-0.15, -0.1) is 0 Å². The molecule has 2 N–H and O–H groups in total. The van der Waals surface area contributed by atoms with Crippen LogP contribution < -0.4 is 5.32 Å². The molecule has 2 fully saturated rings. The lowest BCUT2D eigenvalue weighted by Crippen LogP contribution is -2.56. The highest BCUT2D eigenvalue weighted by atomic mass is 16.5. The zero-order valence-electron chi connectivity index (χ0n) is 14.4. The predicted molar refractivity (Wildman–Crippen MR) is 86.6 cm³/mol. The molecule has 1 aliphatic carbocycles. The summed E-state index contributed by atoms with van der Waals surface area (Å²) in [5, 5.41) is 13.4. The molecular formula is C17H32N2O3. The minimum Gasteiger partial charge on any atom is -0.394 e. The summed E-state index contributed by atoms with van der Waals surface area (Å²) >= 11 is 0. The van der Waals surface area contributed by atoms with Crippen LogP contribution in [0.5, 0.6) is 0 Å². The van der Waals surface area contributed by atoms with Crippen LogP contribution in [0.2, 0.25) is 0 Å². The van der Waals surface area contributed by atoms with Crippen LogP contribution in [0, 0.1) is 11.3 Å². The zero-order chi connectivity index (χ0) is 16.2. The summed E-state index contributed by atoms with van der Waals surface area (Å²) in [5.41, 5.74) is 0.00801. The molecule has 1 amide bonds. The highest BCUT2D eigenvalue weighted by Crippen LogP contribution is 2.43. The van der Waals surface area contributed by atoms with Crippen LogP contribution in [0.4, 0.5) is 0 Å². The number of morpholine rings is 1. The lowest BCUT2D eigenvalue weighted by Gasteiger charge is -2.47. The van der Waals surface area contributed by atoms with E-state index in [1.54, 1.807) is 0 Å². The molecule has 128 valence electrons. The van der Waals surface area contributed by atoms with Crippen molar-refractivity contribution in [2.24, 2.45) is 11.3 Å². The summed E-state index contributed by atoms with van der Waals surface area (Å²) in [5.74, 6) is 0.783. The minimum atomic E-state index is -0.230. The Balaban J connectivity index is 1.84. The molecule has 0 aromatic heterocycles. The monoisotopic (exact) mass is 312 g/mol. The van der Waals surface area contributed by atoms with E-state index in [1.165, 1.54) is 6.42 Å². The normalized spacial score (nSPS) is 32.0. The summed E-state index contributed by atoms with van der Waals surface area (Å²) in [7, 11) is 0. The molecule has 2 aliphatic rings. The van der Waals surface area contributed by atoms with Crippen molar-refractivity contribution in [3.63, 3.8) is 0 Å². The summed E-state index contributed by atoms with van der Waals surface area (Å²) in [4.78, 5) is 14.1. The number of rotatable bonds is 5. The molecular weight excluding hydrogens is 280 g/mol. The van der Waals surface area contributed by atoms with Gasteiger partial charge in [-0.2, -0.15) is 0 Å². The Morgan fingerprint density at radius 1 is 1.32 bits per heavy atom. The average Bonchev–Trinajstić information content (AvgIpc) is 2.46. The number of amides is 1. The molecule has 1 saturated heterocycles. The van der Waals surface area contributed by atoms with E-state index in [9.17, 15) is 9.90 Å². The fourth-order valence-corrected chi connectivity index (χ4v) is 4.46. The quantitative estimate of drug-likeness (QED) is 0.805. The van der Waals surface area contributed by atoms with Crippen LogP contribution in [0.25, 0.3) is 0 Å². The smallest absolute Gasteiger partial charge is 0.224 e. The number of aliphatic hydroxyl groups excluding tert-OH is 1. The van der Waals surface area contributed by atoms with Crippen molar-refractivity contribution < 1.29 is 14.6 Å². The molecule has 5 nitrogen and oxygen atoms in total. The van der Waals surface area contributed by atoms with E-state index in [1.807, 2.05) is 4.90 Å². The fourth-order valence-electron chi connectivity index (χ4n) is 4.46. The number of nitrogens with zero attached hydrogens (tertiary/aromatic N) is 1. The van der Waals surface area contributed by atoms with Crippen molar-refractivity contribution in [3.8, 4) is 0 Å². The van der Waals surface area contributed by atoms with Gasteiger partial charge in [0.05, 0.1) is 19.8 Å². The van der Waals surface area contributed by atoms with E-state index in [4.69, 9.17) is 4.74 Å². The number of hydrogen-bond acceptors (Lipinski definition) is 4. The van der Waals surface area contributed by atoms with Gasteiger partial charge in [0.25, 0.3) is 0 Å². The van der Waals surface area contributed by atoms with Gasteiger partial charge in [0.15, 0.2) is 0 Å². The van der Waals surface area contributed by atoms with Gasteiger partial charge in [0.2, 0.25) is 5.91 Å². The third-order valence-corrected chi connectivity index (χ3v) is 4.96. The Bertz CT molecular complexity index is 380. The Kier molecular flexibility index (Phi) is 5.86. The Morgan fingerprint density at radius 3 is 2.59 bits per heavy atom. The molecule has 0 aromatic rings. The molecule has 5 heteroatoms. The van der Waals surface area contributed by atoms with E-state index in [0.717, 1.165) is 12.8 Å². The number of nitrogens with one attached hydrogen (secondary N) is 1. The van der Waals surface area contributed by atoms with Crippen molar-refractivity contribution in [2.45, 2.75) is 52.0 Å². The van der Waals surface area contributed by atoms with Crippen LogP contribution >= 0.6 is 0 Å². The second-order valence-corrected chi connectivity index (χ2v) is 7.96. The lowest BCUT2D eigenvalue weighted by molar-refractivity contribution is -0.135. The van der Waals surface area contributed by atoms with Crippen molar-refractivity contribution in [3.05, 3.63) is 0 Å². The summed E-state index contributed by atoms with van der Waals surface area (Å²) in [6.45, 7) is 10.3. The zero-order valence-corrected chi connectivity index (χ0v) is 14.4. The summed E-state index contributed by atoms with van der Waals surface area (Å²) < 4.78 is 5.28. The Labute approximate surface area is 134 Å². The van der Waals surface area contributed by atoms with Crippen LogP contribution in [0.1, 0.15) is 46.5 Å². The molecule has 0 unspecified atom stereocenters. The number of carbonyl (C=O) groups is 1. The molecule has 2 atom stereocenters. The fraction of sp³-hybridized carbons (Fsp3) is 0.941. The average molecular weight is 312 g/mol. The molecule has 2 rings (SSSR count). The Hall–Kier alpha value is -0.650. The van der Waals surface area contributed by atoms with Gasteiger partial charge >= 0.3 is 0 Å². The topological polar surface area (TPSA) is 61.8 Å². The molecule has 22 heavy (non-hydrogen) atoms. The SMILES string of the molecule is C[C@@H]1CC(C)(C)C[C@](CO)(NCCC(=O)N2CCOCC2)C1. The van der Waals surface area contributed by atoms with Gasteiger partial charge in [-0.25, -0.2) is 0 Å². The van der Waals surface area contributed by atoms with Crippen molar-refractivity contribution in [2.75, 3.05) is 39.5 Å². The molecule has 0 radical (unpaired) electrons. The highest BCUT2D eigenvalue weighted by molar-refractivity contribution is 5.76. The van der Waals surface area contributed by atoms with E-state index in [-0.39, 0.29) is 23.5 Å².